The zero-order valence-electron chi connectivity index (χ0n) is 12.1. The van der Waals surface area contributed by atoms with Crippen LogP contribution in [-0.2, 0) is 14.3 Å². The van der Waals surface area contributed by atoms with E-state index in [9.17, 15) is 14.4 Å². The lowest BCUT2D eigenvalue weighted by Crippen LogP contribution is -2.61. The van der Waals surface area contributed by atoms with Crippen molar-refractivity contribution in [2.75, 3.05) is 33.3 Å². The first-order chi connectivity index (χ1) is 10.0. The molecule has 2 rings (SSSR count). The number of urea groups is 1. The Morgan fingerprint density at radius 1 is 1.33 bits per heavy atom. The molecule has 0 aromatic heterocycles. The summed E-state index contributed by atoms with van der Waals surface area (Å²) < 4.78 is 5.26. The predicted molar refractivity (Wildman–Crippen MR) is 72.8 cm³/mol. The molecule has 0 bridgehead atoms. The molecule has 0 aromatic carbocycles. The third-order valence-electron chi connectivity index (χ3n) is 3.99. The van der Waals surface area contributed by atoms with Crippen LogP contribution in [0.15, 0.2) is 0 Å². The number of nitrogens with one attached hydrogen (secondary N) is 1. The van der Waals surface area contributed by atoms with Crippen LogP contribution in [0.25, 0.3) is 0 Å². The molecule has 2 aliphatic heterocycles. The van der Waals surface area contributed by atoms with Gasteiger partial charge in [0.05, 0.1) is 12.5 Å². The second kappa shape index (κ2) is 6.75. The van der Waals surface area contributed by atoms with Gasteiger partial charge in [-0.3, -0.25) is 9.59 Å². The predicted octanol–water partition coefficient (Wildman–Crippen LogP) is -0.508. The van der Waals surface area contributed by atoms with E-state index in [0.29, 0.717) is 26.2 Å². The Balaban J connectivity index is 2.02. The molecular weight excluding hydrogens is 278 g/mol. The van der Waals surface area contributed by atoms with Gasteiger partial charge in [-0.15, -0.1) is 0 Å². The molecule has 1 atom stereocenters. The summed E-state index contributed by atoms with van der Waals surface area (Å²) in [6.45, 7) is 1.83. The van der Waals surface area contributed by atoms with Gasteiger partial charge in [0.25, 0.3) is 0 Å². The van der Waals surface area contributed by atoms with Crippen molar-refractivity contribution in [2.24, 2.45) is 0 Å². The van der Waals surface area contributed by atoms with Crippen LogP contribution in [0.1, 0.15) is 19.3 Å². The Morgan fingerprint density at radius 2 is 2.00 bits per heavy atom. The van der Waals surface area contributed by atoms with Crippen LogP contribution in [0.3, 0.4) is 0 Å². The first-order valence-electron chi connectivity index (χ1n) is 7.10. The molecule has 8 heteroatoms. The van der Waals surface area contributed by atoms with Gasteiger partial charge in [-0.25, -0.2) is 4.79 Å². The molecule has 1 unspecified atom stereocenters. The van der Waals surface area contributed by atoms with Gasteiger partial charge >= 0.3 is 12.0 Å². The highest BCUT2D eigenvalue weighted by Gasteiger charge is 2.37. The molecule has 2 heterocycles. The van der Waals surface area contributed by atoms with Gasteiger partial charge in [0.2, 0.25) is 5.91 Å². The number of carboxylic acid groups (broad SMARTS) is 1. The summed E-state index contributed by atoms with van der Waals surface area (Å²) in [6.07, 6.45) is 1.30. The molecular formula is C13H21N3O5. The molecule has 8 nitrogen and oxygen atoms in total. The van der Waals surface area contributed by atoms with Crippen molar-refractivity contribution in [3.05, 3.63) is 0 Å². The summed E-state index contributed by atoms with van der Waals surface area (Å²) in [5.41, 5.74) is 0. The molecule has 0 saturated carbocycles. The summed E-state index contributed by atoms with van der Waals surface area (Å²) in [7, 11) is 1.65. The lowest BCUT2D eigenvalue weighted by atomic mass is 10.1. The number of hydrogen-bond donors (Lipinski definition) is 2. The third kappa shape index (κ3) is 3.63. The summed E-state index contributed by atoms with van der Waals surface area (Å²) in [6, 6.07) is -1.19. The third-order valence-corrected chi connectivity index (χ3v) is 3.99. The molecule has 0 aromatic rings. The Kier molecular flexibility index (Phi) is 5.00. The Hall–Kier alpha value is -1.83. The first-order valence-corrected chi connectivity index (χ1v) is 7.10. The average Bonchev–Trinajstić information content (AvgIpc) is 2.48. The maximum absolute atomic E-state index is 12.5. The Labute approximate surface area is 123 Å². The van der Waals surface area contributed by atoms with Crippen LogP contribution in [0, 0.1) is 0 Å². The number of carboxylic acids is 1. The minimum absolute atomic E-state index is 0.161. The number of carbonyl (C=O) groups excluding carboxylic acids is 2. The quantitative estimate of drug-likeness (QED) is 0.731. The number of rotatable bonds is 3. The van der Waals surface area contributed by atoms with Gasteiger partial charge in [0.15, 0.2) is 0 Å². The smallest absolute Gasteiger partial charge is 0.320 e. The number of carbonyl (C=O) groups is 3. The Bertz CT molecular complexity index is 420. The van der Waals surface area contributed by atoms with Gasteiger partial charge in [0.1, 0.15) is 6.04 Å². The minimum atomic E-state index is -1.09. The normalized spacial score (nSPS) is 23.9. The minimum Gasteiger partial charge on any atom is -0.481 e. The second-order valence-corrected chi connectivity index (χ2v) is 5.30. The SMILES string of the molecule is COC1CCN(C(=O)N2CCNC(=O)C2CC(=O)O)CC1. The molecule has 2 N–H and O–H groups in total. The zero-order valence-corrected chi connectivity index (χ0v) is 12.1. The summed E-state index contributed by atoms with van der Waals surface area (Å²) in [5.74, 6) is -1.49. The standard InChI is InChI=1S/C13H21N3O5/c1-21-9-2-5-15(6-3-9)13(20)16-7-4-14-12(19)10(16)8-11(17)18/h9-10H,2-8H2,1H3,(H,14,19)(H,17,18). The van der Waals surface area contributed by atoms with E-state index in [4.69, 9.17) is 9.84 Å². The van der Waals surface area contributed by atoms with Crippen LogP contribution in [0.4, 0.5) is 4.79 Å². The molecule has 21 heavy (non-hydrogen) atoms. The van der Waals surface area contributed by atoms with Crippen molar-refractivity contribution in [1.29, 1.82) is 0 Å². The van der Waals surface area contributed by atoms with Gasteiger partial charge in [-0.1, -0.05) is 0 Å². The number of piperazine rings is 1. The maximum Gasteiger partial charge on any atom is 0.320 e. The Morgan fingerprint density at radius 3 is 2.57 bits per heavy atom. The molecule has 0 radical (unpaired) electrons. The van der Waals surface area contributed by atoms with Gasteiger partial charge in [-0.05, 0) is 12.8 Å². The maximum atomic E-state index is 12.5. The van der Waals surface area contributed by atoms with Gasteiger partial charge in [-0.2, -0.15) is 0 Å². The van der Waals surface area contributed by atoms with Crippen molar-refractivity contribution in [2.45, 2.75) is 31.4 Å². The van der Waals surface area contributed by atoms with E-state index in [-0.39, 0.29) is 18.6 Å². The topological polar surface area (TPSA) is 99.2 Å². The lowest BCUT2D eigenvalue weighted by molar-refractivity contribution is -0.142. The van der Waals surface area contributed by atoms with E-state index in [1.54, 1.807) is 12.0 Å². The summed E-state index contributed by atoms with van der Waals surface area (Å²) in [5, 5.41) is 11.5. The van der Waals surface area contributed by atoms with Crippen LogP contribution >= 0.6 is 0 Å². The van der Waals surface area contributed by atoms with Crippen molar-refractivity contribution in [3.8, 4) is 0 Å². The van der Waals surface area contributed by atoms with E-state index in [0.717, 1.165) is 12.8 Å². The molecule has 2 fully saturated rings. The number of nitrogens with zero attached hydrogens (tertiary/aromatic N) is 2. The number of hydrogen-bond acceptors (Lipinski definition) is 4. The lowest BCUT2D eigenvalue weighted by Gasteiger charge is -2.40. The van der Waals surface area contributed by atoms with E-state index in [2.05, 4.69) is 5.32 Å². The van der Waals surface area contributed by atoms with Crippen molar-refractivity contribution >= 4 is 17.9 Å². The van der Waals surface area contributed by atoms with Crippen molar-refractivity contribution in [1.82, 2.24) is 15.1 Å². The largest absolute Gasteiger partial charge is 0.481 e. The summed E-state index contributed by atoms with van der Waals surface area (Å²) in [4.78, 5) is 38.3. The van der Waals surface area contributed by atoms with Crippen LogP contribution in [0.2, 0.25) is 0 Å². The highest BCUT2D eigenvalue weighted by Crippen LogP contribution is 2.17. The monoisotopic (exact) mass is 299 g/mol. The molecule has 0 spiro atoms. The highest BCUT2D eigenvalue weighted by molar-refractivity contribution is 5.91. The average molecular weight is 299 g/mol. The van der Waals surface area contributed by atoms with E-state index >= 15 is 0 Å². The second-order valence-electron chi connectivity index (χ2n) is 5.30. The fourth-order valence-electron chi connectivity index (χ4n) is 2.78. The number of piperidine rings is 1. The number of methoxy groups -OCH3 is 1. The van der Waals surface area contributed by atoms with Gasteiger partial charge in [0, 0.05) is 33.3 Å². The van der Waals surface area contributed by atoms with E-state index < -0.39 is 17.9 Å². The number of amides is 3. The van der Waals surface area contributed by atoms with E-state index in [1.165, 1.54) is 4.90 Å². The van der Waals surface area contributed by atoms with Crippen molar-refractivity contribution < 1.29 is 24.2 Å². The number of ether oxygens (including phenoxy) is 1. The zero-order chi connectivity index (χ0) is 15.4. The first kappa shape index (κ1) is 15.6. The van der Waals surface area contributed by atoms with E-state index in [1.807, 2.05) is 0 Å². The molecule has 3 amide bonds. The highest BCUT2D eigenvalue weighted by atomic mass is 16.5. The van der Waals surface area contributed by atoms with Crippen LogP contribution in [-0.4, -0.2) is 78.2 Å². The fourth-order valence-corrected chi connectivity index (χ4v) is 2.78. The van der Waals surface area contributed by atoms with Crippen LogP contribution in [0.5, 0.6) is 0 Å². The number of likely N-dealkylation sites (tertiary alicyclic amines) is 1. The molecule has 2 saturated heterocycles. The molecule has 0 aliphatic carbocycles. The fraction of sp³-hybridized carbons (Fsp3) is 0.769. The molecule has 118 valence electrons. The van der Waals surface area contributed by atoms with Crippen molar-refractivity contribution in [3.63, 3.8) is 0 Å². The molecule has 2 aliphatic rings. The summed E-state index contributed by atoms with van der Waals surface area (Å²) >= 11 is 0. The van der Waals surface area contributed by atoms with Crippen LogP contribution < -0.4 is 5.32 Å². The van der Waals surface area contributed by atoms with Gasteiger partial charge < -0.3 is 25.0 Å². The number of aliphatic carboxylic acids is 1.